The molecule has 0 fully saturated rings. The maximum atomic E-state index is 12.9. The lowest BCUT2D eigenvalue weighted by Crippen LogP contribution is -2.21. The van der Waals surface area contributed by atoms with E-state index in [9.17, 15) is 18.4 Å². The van der Waals surface area contributed by atoms with Gasteiger partial charge in [0.2, 0.25) is 0 Å². The lowest BCUT2D eigenvalue weighted by atomic mass is 10.1. The topological polar surface area (TPSA) is 92.4 Å². The zero-order chi connectivity index (χ0) is 22.1. The summed E-state index contributed by atoms with van der Waals surface area (Å²) < 4.78 is 42.0. The smallest absolute Gasteiger partial charge is 0.437 e. The predicted molar refractivity (Wildman–Crippen MR) is 105 cm³/mol. The van der Waals surface area contributed by atoms with E-state index in [0.717, 1.165) is 10.4 Å². The molecule has 4 rings (SSSR count). The van der Waals surface area contributed by atoms with Crippen LogP contribution in [0, 0.1) is 13.8 Å². The van der Waals surface area contributed by atoms with Crippen molar-refractivity contribution in [2.75, 3.05) is 0 Å². The van der Waals surface area contributed by atoms with Gasteiger partial charge >= 0.3 is 12.4 Å². The molecule has 0 aliphatic carbocycles. The van der Waals surface area contributed by atoms with Crippen LogP contribution >= 0.6 is 0 Å². The van der Waals surface area contributed by atoms with Gasteiger partial charge in [-0.25, -0.2) is 4.79 Å². The largest absolute Gasteiger partial charge is 0.459 e. The second-order valence-electron chi connectivity index (χ2n) is 6.72. The van der Waals surface area contributed by atoms with E-state index in [0.29, 0.717) is 16.9 Å². The number of hydrogen-bond donors (Lipinski definition) is 0. The number of ether oxygens (including phenoxy) is 1. The summed E-state index contributed by atoms with van der Waals surface area (Å²) in [5.41, 5.74) is 2.47. The van der Waals surface area contributed by atoms with Gasteiger partial charge in [-0.05, 0) is 56.3 Å². The van der Waals surface area contributed by atoms with Gasteiger partial charge < -0.3 is 18.1 Å². The van der Waals surface area contributed by atoms with Crippen molar-refractivity contribution in [3.63, 3.8) is 0 Å². The highest BCUT2D eigenvalue weighted by Gasteiger charge is 2.20. The van der Waals surface area contributed by atoms with E-state index in [1.165, 1.54) is 18.4 Å². The van der Waals surface area contributed by atoms with E-state index < -0.39 is 12.4 Å². The fourth-order valence-corrected chi connectivity index (χ4v) is 3.35. The van der Waals surface area contributed by atoms with E-state index in [1.807, 2.05) is 6.92 Å². The summed E-state index contributed by atoms with van der Waals surface area (Å²) in [5.74, 6) is -0.808. The third-order valence-corrected chi connectivity index (χ3v) is 4.68. The van der Waals surface area contributed by atoms with E-state index >= 15 is 0 Å². The lowest BCUT2D eigenvalue weighted by molar-refractivity contribution is -0.0498. The number of carbonyl (C=O) groups excluding carboxylic acids is 1. The Hall–Kier alpha value is -3.95. The molecule has 0 radical (unpaired) electrons. The first-order chi connectivity index (χ1) is 14.8. The Labute approximate surface area is 174 Å². The van der Waals surface area contributed by atoms with Crippen LogP contribution in [0.4, 0.5) is 8.78 Å². The van der Waals surface area contributed by atoms with Crippen molar-refractivity contribution in [2.24, 2.45) is 0 Å². The number of aryl methyl sites for hydroxylation is 1. The van der Waals surface area contributed by atoms with Gasteiger partial charge in [-0.3, -0.25) is 4.79 Å². The Morgan fingerprint density at radius 3 is 2.58 bits per heavy atom. The zero-order valence-electron chi connectivity index (χ0n) is 16.5. The van der Waals surface area contributed by atoms with Crippen LogP contribution in [0.25, 0.3) is 17.3 Å². The number of halogens is 2. The first-order valence-electron chi connectivity index (χ1n) is 9.22. The van der Waals surface area contributed by atoms with Gasteiger partial charge in [-0.2, -0.15) is 13.5 Å². The summed E-state index contributed by atoms with van der Waals surface area (Å²) in [6, 6.07) is 11.0. The van der Waals surface area contributed by atoms with Gasteiger partial charge in [0.1, 0.15) is 12.3 Å². The van der Waals surface area contributed by atoms with Crippen LogP contribution in [0.5, 0.6) is 5.75 Å². The molecule has 0 aliphatic rings. The van der Waals surface area contributed by atoms with E-state index in [4.69, 9.17) is 8.83 Å². The maximum Gasteiger partial charge on any atom is 0.437 e. The number of Topliss-reactive ketones (excluding diaryl/α,β-unsaturated/α-hetero) is 1. The molecule has 4 aromatic rings. The molecule has 160 valence electrons. The minimum atomic E-state index is -2.90. The van der Waals surface area contributed by atoms with Gasteiger partial charge in [0.15, 0.2) is 11.5 Å². The molecule has 0 spiro atoms. The van der Waals surface area contributed by atoms with Gasteiger partial charge in [-0.15, -0.1) is 5.10 Å². The Bertz CT molecular complexity index is 1270. The first-order valence-corrected chi connectivity index (χ1v) is 9.22. The predicted octanol–water partition coefficient (Wildman–Crippen LogP) is 3.99. The number of alkyl halides is 2. The standard InChI is InChI=1S/C21H17F2N3O5/c1-12-10-16(13(2)26(12)14-5-7-15(8-6-14)30-20(22)23)17(27)11-25-21(28)31-19(24-25)18-4-3-9-29-18/h3-10,20H,11H2,1-2H3. The zero-order valence-corrected chi connectivity index (χ0v) is 16.5. The van der Waals surface area contributed by atoms with E-state index in [1.54, 1.807) is 41.8 Å². The van der Waals surface area contributed by atoms with Crippen LogP contribution < -0.4 is 10.5 Å². The highest BCUT2D eigenvalue weighted by molar-refractivity contribution is 5.97. The summed E-state index contributed by atoms with van der Waals surface area (Å²) >= 11 is 0. The Balaban J connectivity index is 1.59. The van der Waals surface area contributed by atoms with Gasteiger partial charge in [-0.1, -0.05) is 0 Å². The number of rotatable bonds is 7. The van der Waals surface area contributed by atoms with Crippen LogP contribution in [0.1, 0.15) is 21.7 Å². The monoisotopic (exact) mass is 429 g/mol. The van der Waals surface area contributed by atoms with Crippen LogP contribution in [0.15, 0.2) is 62.4 Å². The fraction of sp³-hybridized carbons (Fsp3) is 0.190. The third-order valence-electron chi connectivity index (χ3n) is 4.68. The molecule has 3 aromatic heterocycles. The van der Waals surface area contributed by atoms with Gasteiger partial charge in [0.05, 0.1) is 6.26 Å². The summed E-state index contributed by atoms with van der Waals surface area (Å²) in [7, 11) is 0. The first kappa shape index (κ1) is 20.3. The number of furan rings is 1. The lowest BCUT2D eigenvalue weighted by Gasteiger charge is -2.11. The van der Waals surface area contributed by atoms with Crippen LogP contribution in [0.2, 0.25) is 0 Å². The highest BCUT2D eigenvalue weighted by atomic mass is 19.3. The summed E-state index contributed by atoms with van der Waals surface area (Å²) in [4.78, 5) is 24.9. The minimum absolute atomic E-state index is 0.0145. The Kier molecular flexibility index (Phi) is 5.28. The van der Waals surface area contributed by atoms with Crippen molar-refractivity contribution in [3.8, 4) is 23.1 Å². The average Bonchev–Trinajstić information content (AvgIpc) is 3.43. The number of benzene rings is 1. The van der Waals surface area contributed by atoms with E-state index in [-0.39, 0.29) is 29.7 Å². The maximum absolute atomic E-state index is 12.9. The molecule has 0 bridgehead atoms. The van der Waals surface area contributed by atoms with Crippen LogP contribution in [-0.4, -0.2) is 26.7 Å². The third kappa shape index (κ3) is 4.04. The molecule has 8 nitrogen and oxygen atoms in total. The summed E-state index contributed by atoms with van der Waals surface area (Å²) in [6.07, 6.45) is 1.42. The highest BCUT2D eigenvalue weighted by Crippen LogP contribution is 2.24. The Morgan fingerprint density at radius 1 is 1.19 bits per heavy atom. The SMILES string of the molecule is Cc1cc(C(=O)Cn2nc(-c3ccco3)oc2=O)c(C)n1-c1ccc(OC(F)F)cc1. The molecule has 0 saturated heterocycles. The van der Waals surface area contributed by atoms with Gasteiger partial charge in [0.25, 0.3) is 5.89 Å². The number of hydrogen-bond acceptors (Lipinski definition) is 6. The quantitative estimate of drug-likeness (QED) is 0.413. The van der Waals surface area contributed by atoms with Crippen molar-refractivity contribution in [2.45, 2.75) is 27.0 Å². The van der Waals surface area contributed by atoms with Crippen molar-refractivity contribution < 1.29 is 27.1 Å². The molecule has 0 aliphatic heterocycles. The molecular weight excluding hydrogens is 412 g/mol. The molecule has 0 amide bonds. The minimum Gasteiger partial charge on any atom is -0.459 e. The molecule has 1 aromatic carbocycles. The van der Waals surface area contributed by atoms with Crippen molar-refractivity contribution >= 4 is 5.78 Å². The normalized spacial score (nSPS) is 11.3. The summed E-state index contributed by atoms with van der Waals surface area (Å²) in [6.45, 7) is 0.348. The van der Waals surface area contributed by atoms with Crippen LogP contribution in [-0.2, 0) is 6.54 Å². The van der Waals surface area contributed by atoms with E-state index in [2.05, 4.69) is 9.84 Å². The molecule has 0 atom stereocenters. The fourth-order valence-electron chi connectivity index (χ4n) is 3.35. The molecular formula is C21H17F2N3O5. The molecule has 10 heteroatoms. The van der Waals surface area contributed by atoms with Crippen molar-refractivity contribution in [3.05, 3.63) is 76.2 Å². The molecule has 3 heterocycles. The number of aromatic nitrogens is 3. The number of nitrogens with zero attached hydrogens (tertiary/aromatic N) is 3. The van der Waals surface area contributed by atoms with Crippen LogP contribution in [0.3, 0.4) is 0 Å². The molecule has 31 heavy (non-hydrogen) atoms. The molecule has 0 unspecified atom stereocenters. The van der Waals surface area contributed by atoms with Gasteiger partial charge in [0, 0.05) is 22.6 Å². The average molecular weight is 429 g/mol. The Morgan fingerprint density at radius 2 is 1.94 bits per heavy atom. The summed E-state index contributed by atoms with van der Waals surface area (Å²) in [5, 5.41) is 4.01. The number of carbonyl (C=O) groups is 1. The second-order valence-corrected chi connectivity index (χ2v) is 6.72. The molecule has 0 saturated carbocycles. The van der Waals surface area contributed by atoms with Crippen molar-refractivity contribution in [1.29, 1.82) is 0 Å². The number of ketones is 1. The molecule has 0 N–H and O–H groups in total. The van der Waals surface area contributed by atoms with Crippen molar-refractivity contribution in [1.82, 2.24) is 14.3 Å². The second kappa shape index (κ2) is 8.05.